The summed E-state index contributed by atoms with van der Waals surface area (Å²) in [5.41, 5.74) is -0.456. The van der Waals surface area contributed by atoms with Gasteiger partial charge in [-0.15, -0.1) is 0 Å². The van der Waals surface area contributed by atoms with E-state index in [1.54, 1.807) is 13.8 Å². The van der Waals surface area contributed by atoms with Gasteiger partial charge in [0, 0.05) is 0 Å². The van der Waals surface area contributed by atoms with Crippen LogP contribution in [0, 0.1) is 10.1 Å². The zero-order valence-electron chi connectivity index (χ0n) is 12.9. The molecule has 1 aromatic rings. The Hall–Kier alpha value is -2.84. The topological polar surface area (TPSA) is 114 Å². The molecule has 9 heteroatoms. The molecule has 0 saturated heterocycles. The average molecular weight is 327 g/mol. The molecule has 0 amide bonds. The molecule has 0 unspecified atom stereocenters. The van der Waals surface area contributed by atoms with Crippen LogP contribution in [0.15, 0.2) is 18.2 Å². The number of nitro groups is 1. The van der Waals surface area contributed by atoms with Gasteiger partial charge in [-0.25, -0.2) is 9.59 Å². The Morgan fingerprint density at radius 1 is 1.17 bits per heavy atom. The molecule has 0 radical (unpaired) electrons. The van der Waals surface area contributed by atoms with Crippen LogP contribution < -0.4 is 9.47 Å². The molecule has 0 aliphatic rings. The minimum absolute atomic E-state index is 0.0167. The van der Waals surface area contributed by atoms with Gasteiger partial charge in [-0.2, -0.15) is 0 Å². The van der Waals surface area contributed by atoms with Gasteiger partial charge < -0.3 is 18.9 Å². The highest BCUT2D eigenvalue weighted by molar-refractivity contribution is 5.98. The molecule has 9 nitrogen and oxygen atoms in total. The van der Waals surface area contributed by atoms with Gasteiger partial charge in [0.1, 0.15) is 5.75 Å². The predicted molar refractivity (Wildman–Crippen MR) is 77.3 cm³/mol. The minimum Gasteiger partial charge on any atom is -0.496 e. The standard InChI is InChI=1S/C14H17NO8/c1-4-21-13(16)12(14(17)22-5-2)23-11-7-6-9(20-3)8-10(11)15(18)19/h6-8,12H,4-5H2,1-3H3. The molecule has 0 atom stereocenters. The molecule has 1 rings (SSSR count). The van der Waals surface area contributed by atoms with E-state index in [4.69, 9.17) is 18.9 Å². The maximum atomic E-state index is 11.8. The summed E-state index contributed by atoms with van der Waals surface area (Å²) in [6.07, 6.45) is -1.75. The fraction of sp³-hybridized carbons (Fsp3) is 0.429. The SMILES string of the molecule is CCOC(=O)C(Oc1ccc(OC)cc1[N+](=O)[O-])C(=O)OCC. The molecule has 23 heavy (non-hydrogen) atoms. The van der Waals surface area contributed by atoms with E-state index in [9.17, 15) is 19.7 Å². The maximum absolute atomic E-state index is 11.8. The number of nitrogens with zero attached hydrogens (tertiary/aromatic N) is 1. The zero-order chi connectivity index (χ0) is 17.4. The fourth-order valence-electron chi connectivity index (χ4n) is 1.62. The molecular formula is C14H17NO8. The molecule has 0 N–H and O–H groups in total. The third-order valence-electron chi connectivity index (χ3n) is 2.61. The third kappa shape index (κ3) is 4.83. The first-order valence-electron chi connectivity index (χ1n) is 6.76. The summed E-state index contributed by atoms with van der Waals surface area (Å²) < 4.78 is 19.5. The van der Waals surface area contributed by atoms with Crippen molar-refractivity contribution in [2.75, 3.05) is 20.3 Å². The Bertz CT molecular complexity index is 568. The first-order valence-corrected chi connectivity index (χ1v) is 6.76. The van der Waals surface area contributed by atoms with Crippen LogP contribution in [0.3, 0.4) is 0 Å². The van der Waals surface area contributed by atoms with Gasteiger partial charge in [-0.05, 0) is 26.0 Å². The predicted octanol–water partition coefficient (Wildman–Crippen LogP) is 1.48. The number of methoxy groups -OCH3 is 1. The lowest BCUT2D eigenvalue weighted by Crippen LogP contribution is -2.38. The molecule has 1 aromatic carbocycles. The monoisotopic (exact) mass is 327 g/mol. The molecule has 126 valence electrons. The summed E-state index contributed by atoms with van der Waals surface area (Å²) in [7, 11) is 1.35. The lowest BCUT2D eigenvalue weighted by molar-refractivity contribution is -0.386. The van der Waals surface area contributed by atoms with E-state index in [1.165, 1.54) is 19.2 Å². The Morgan fingerprint density at radius 2 is 1.74 bits per heavy atom. The summed E-state index contributed by atoms with van der Waals surface area (Å²) in [5, 5.41) is 11.1. The van der Waals surface area contributed by atoms with Crippen LogP contribution in [0.2, 0.25) is 0 Å². The fourth-order valence-corrected chi connectivity index (χ4v) is 1.62. The molecule has 0 fully saturated rings. The molecule has 0 aromatic heterocycles. The van der Waals surface area contributed by atoms with E-state index in [2.05, 4.69) is 0 Å². The highest BCUT2D eigenvalue weighted by Gasteiger charge is 2.34. The normalized spacial score (nSPS) is 10.1. The largest absolute Gasteiger partial charge is 0.496 e. The van der Waals surface area contributed by atoms with Gasteiger partial charge in [-0.1, -0.05) is 0 Å². The number of hydrogen-bond donors (Lipinski definition) is 0. The summed E-state index contributed by atoms with van der Waals surface area (Å²) >= 11 is 0. The molecule has 0 aliphatic carbocycles. The average Bonchev–Trinajstić information content (AvgIpc) is 2.52. The van der Waals surface area contributed by atoms with Crippen molar-refractivity contribution in [3.8, 4) is 11.5 Å². The number of rotatable bonds is 8. The van der Waals surface area contributed by atoms with Crippen LogP contribution in [-0.4, -0.2) is 43.3 Å². The number of nitro benzene ring substituents is 1. The number of hydrogen-bond acceptors (Lipinski definition) is 8. The second-order valence-corrected chi connectivity index (χ2v) is 4.09. The number of carbonyl (C=O) groups excluding carboxylic acids is 2. The Kier molecular flexibility index (Phi) is 6.78. The van der Waals surface area contributed by atoms with Gasteiger partial charge in [0.15, 0.2) is 5.75 Å². The summed E-state index contributed by atoms with van der Waals surface area (Å²) in [4.78, 5) is 34.0. The van der Waals surface area contributed by atoms with Crippen molar-refractivity contribution in [2.24, 2.45) is 0 Å². The Balaban J connectivity index is 3.14. The summed E-state index contributed by atoms with van der Waals surface area (Å²) in [5.74, 6) is -2.03. The minimum atomic E-state index is -1.75. The van der Waals surface area contributed by atoms with Crippen molar-refractivity contribution in [3.63, 3.8) is 0 Å². The number of carbonyl (C=O) groups is 2. The van der Waals surface area contributed by atoms with Gasteiger partial charge in [-0.3, -0.25) is 10.1 Å². The molecule has 0 aliphatic heterocycles. The highest BCUT2D eigenvalue weighted by Crippen LogP contribution is 2.32. The van der Waals surface area contributed by atoms with E-state index in [-0.39, 0.29) is 24.7 Å². The zero-order valence-corrected chi connectivity index (χ0v) is 12.9. The van der Waals surface area contributed by atoms with Crippen molar-refractivity contribution < 1.29 is 33.5 Å². The lowest BCUT2D eigenvalue weighted by atomic mass is 10.2. The van der Waals surface area contributed by atoms with Crippen LogP contribution in [0.1, 0.15) is 13.8 Å². The van der Waals surface area contributed by atoms with Crippen LogP contribution in [-0.2, 0) is 19.1 Å². The van der Waals surface area contributed by atoms with E-state index >= 15 is 0 Å². The first kappa shape index (κ1) is 18.2. The van der Waals surface area contributed by atoms with E-state index in [0.717, 1.165) is 6.07 Å². The van der Waals surface area contributed by atoms with Crippen LogP contribution in [0.4, 0.5) is 5.69 Å². The van der Waals surface area contributed by atoms with Gasteiger partial charge in [0.05, 0.1) is 31.3 Å². The summed E-state index contributed by atoms with van der Waals surface area (Å²) in [6.45, 7) is 3.14. The number of ether oxygens (including phenoxy) is 4. The third-order valence-corrected chi connectivity index (χ3v) is 2.61. The Labute approximate surface area is 132 Å². The lowest BCUT2D eigenvalue weighted by Gasteiger charge is -2.16. The molecular weight excluding hydrogens is 310 g/mol. The molecule has 0 bridgehead atoms. The van der Waals surface area contributed by atoms with Crippen LogP contribution in [0.5, 0.6) is 11.5 Å². The molecule has 0 heterocycles. The molecule has 0 spiro atoms. The Morgan fingerprint density at radius 3 is 2.17 bits per heavy atom. The number of benzene rings is 1. The van der Waals surface area contributed by atoms with Gasteiger partial charge >= 0.3 is 17.6 Å². The second kappa shape index (κ2) is 8.57. The molecule has 0 saturated carbocycles. The van der Waals surface area contributed by atoms with Crippen LogP contribution in [0.25, 0.3) is 0 Å². The van der Waals surface area contributed by atoms with Crippen molar-refractivity contribution in [1.82, 2.24) is 0 Å². The first-order chi connectivity index (χ1) is 10.9. The van der Waals surface area contributed by atoms with Crippen molar-refractivity contribution in [3.05, 3.63) is 28.3 Å². The highest BCUT2D eigenvalue weighted by atomic mass is 16.6. The van der Waals surface area contributed by atoms with Crippen molar-refractivity contribution in [1.29, 1.82) is 0 Å². The van der Waals surface area contributed by atoms with Crippen molar-refractivity contribution in [2.45, 2.75) is 20.0 Å². The van der Waals surface area contributed by atoms with E-state index < -0.39 is 28.7 Å². The van der Waals surface area contributed by atoms with E-state index in [0.29, 0.717) is 0 Å². The number of esters is 2. The van der Waals surface area contributed by atoms with Crippen molar-refractivity contribution >= 4 is 17.6 Å². The maximum Gasteiger partial charge on any atom is 0.359 e. The van der Waals surface area contributed by atoms with E-state index in [1.807, 2.05) is 0 Å². The second-order valence-electron chi connectivity index (χ2n) is 4.09. The van der Waals surface area contributed by atoms with Gasteiger partial charge in [0.25, 0.3) is 6.10 Å². The smallest absolute Gasteiger partial charge is 0.359 e. The summed E-state index contributed by atoms with van der Waals surface area (Å²) in [6, 6.07) is 3.74. The quantitative estimate of drug-likeness (QED) is 0.305. The van der Waals surface area contributed by atoms with Gasteiger partial charge in [0.2, 0.25) is 0 Å². The van der Waals surface area contributed by atoms with Crippen LogP contribution >= 0.6 is 0 Å².